The quantitative estimate of drug-likeness (QED) is 0.588. The van der Waals surface area contributed by atoms with Crippen LogP contribution in [-0.4, -0.2) is 24.0 Å². The number of thiazole rings is 1. The molecule has 0 radical (unpaired) electrons. The third-order valence-electron chi connectivity index (χ3n) is 3.44. The Hall–Kier alpha value is -2.57. The summed E-state index contributed by atoms with van der Waals surface area (Å²) in [6.07, 6.45) is 0. The predicted octanol–water partition coefficient (Wildman–Crippen LogP) is 4.18. The molecule has 1 N–H and O–H groups in total. The predicted molar refractivity (Wildman–Crippen MR) is 102 cm³/mol. The molecule has 1 heterocycles. The number of aromatic nitrogens is 1. The minimum atomic E-state index is -0.177. The van der Waals surface area contributed by atoms with Crippen LogP contribution in [0.1, 0.15) is 16.1 Å². The van der Waals surface area contributed by atoms with Crippen LogP contribution >= 0.6 is 22.9 Å². The number of rotatable bonds is 8. The van der Waals surface area contributed by atoms with E-state index >= 15 is 0 Å². The Bertz CT molecular complexity index is 838. The normalized spacial score (nSPS) is 10.3. The Morgan fingerprint density at radius 2 is 1.96 bits per heavy atom. The van der Waals surface area contributed by atoms with Gasteiger partial charge < -0.3 is 14.8 Å². The summed E-state index contributed by atoms with van der Waals surface area (Å²) < 4.78 is 11.2. The van der Waals surface area contributed by atoms with Crippen molar-refractivity contribution in [2.45, 2.75) is 6.61 Å². The molecule has 0 atom stereocenters. The van der Waals surface area contributed by atoms with Gasteiger partial charge in [0.05, 0.1) is 17.7 Å². The monoisotopic (exact) mass is 388 g/mol. The van der Waals surface area contributed by atoms with Crippen LogP contribution in [0.15, 0.2) is 59.4 Å². The smallest absolute Gasteiger partial charge is 0.251 e. The highest BCUT2D eigenvalue weighted by Crippen LogP contribution is 2.16. The van der Waals surface area contributed by atoms with Gasteiger partial charge in [-0.05, 0) is 42.5 Å². The Morgan fingerprint density at radius 1 is 1.12 bits per heavy atom. The number of nitrogens with one attached hydrogen (secondary N) is 1. The van der Waals surface area contributed by atoms with Gasteiger partial charge in [0.15, 0.2) is 0 Å². The molecular weight excluding hydrogens is 372 g/mol. The maximum atomic E-state index is 12.2. The van der Waals surface area contributed by atoms with Gasteiger partial charge in [-0.25, -0.2) is 4.98 Å². The van der Waals surface area contributed by atoms with Gasteiger partial charge in [-0.1, -0.05) is 17.7 Å². The number of ether oxygens (including phenoxy) is 2. The van der Waals surface area contributed by atoms with E-state index < -0.39 is 0 Å². The van der Waals surface area contributed by atoms with Crippen molar-refractivity contribution in [1.29, 1.82) is 0 Å². The average Bonchev–Trinajstić information content (AvgIpc) is 3.19. The van der Waals surface area contributed by atoms with Crippen LogP contribution in [0.25, 0.3) is 0 Å². The van der Waals surface area contributed by atoms with Gasteiger partial charge in [0.1, 0.15) is 24.7 Å². The zero-order valence-corrected chi connectivity index (χ0v) is 15.4. The van der Waals surface area contributed by atoms with Crippen LogP contribution < -0.4 is 14.8 Å². The lowest BCUT2D eigenvalue weighted by atomic mass is 10.2. The Morgan fingerprint density at radius 3 is 2.73 bits per heavy atom. The first-order valence-electron chi connectivity index (χ1n) is 7.97. The first-order chi connectivity index (χ1) is 12.7. The molecule has 26 heavy (non-hydrogen) atoms. The van der Waals surface area contributed by atoms with E-state index in [0.717, 1.165) is 5.69 Å². The van der Waals surface area contributed by atoms with Gasteiger partial charge in [-0.15, -0.1) is 11.3 Å². The van der Waals surface area contributed by atoms with E-state index in [9.17, 15) is 4.79 Å². The summed E-state index contributed by atoms with van der Waals surface area (Å²) in [5.74, 6) is 1.16. The number of hydrogen-bond acceptors (Lipinski definition) is 5. The molecule has 0 spiro atoms. The molecule has 1 amide bonds. The van der Waals surface area contributed by atoms with Gasteiger partial charge in [0.25, 0.3) is 5.91 Å². The standard InChI is InChI=1S/C19H17ClN2O3S/c20-15-4-6-17(7-5-15)24-9-8-21-19(23)14-2-1-3-18(10-14)25-11-16-12-26-13-22-16/h1-7,10,12-13H,8-9,11H2,(H,21,23). The highest BCUT2D eigenvalue weighted by atomic mass is 35.5. The zero-order valence-electron chi connectivity index (χ0n) is 13.9. The van der Waals surface area contributed by atoms with Crippen molar-refractivity contribution in [3.05, 3.63) is 75.7 Å². The van der Waals surface area contributed by atoms with Crippen LogP contribution in [-0.2, 0) is 6.61 Å². The second-order valence-corrected chi connectivity index (χ2v) is 6.51. The zero-order chi connectivity index (χ0) is 18.2. The number of amides is 1. The van der Waals surface area contributed by atoms with E-state index in [1.54, 1.807) is 48.0 Å². The fourth-order valence-corrected chi connectivity index (χ4v) is 2.83. The topological polar surface area (TPSA) is 60.5 Å². The summed E-state index contributed by atoms with van der Waals surface area (Å²) in [6.45, 7) is 1.14. The summed E-state index contributed by atoms with van der Waals surface area (Å²) >= 11 is 7.34. The van der Waals surface area contributed by atoms with E-state index in [1.807, 2.05) is 11.4 Å². The molecule has 0 aliphatic carbocycles. The number of hydrogen-bond donors (Lipinski definition) is 1. The maximum absolute atomic E-state index is 12.2. The van der Waals surface area contributed by atoms with Crippen molar-refractivity contribution in [2.75, 3.05) is 13.2 Å². The van der Waals surface area contributed by atoms with Gasteiger partial charge in [-0.2, -0.15) is 0 Å². The number of nitrogens with zero attached hydrogens (tertiary/aromatic N) is 1. The van der Waals surface area contributed by atoms with Crippen molar-refractivity contribution in [3.63, 3.8) is 0 Å². The molecular formula is C19H17ClN2O3S. The van der Waals surface area contributed by atoms with Gasteiger partial charge in [-0.3, -0.25) is 4.79 Å². The number of carbonyl (C=O) groups excluding carboxylic acids is 1. The van der Waals surface area contributed by atoms with Crippen LogP contribution in [0.3, 0.4) is 0 Å². The van der Waals surface area contributed by atoms with Crippen LogP contribution in [0.4, 0.5) is 0 Å². The molecule has 0 aliphatic rings. The molecule has 2 aromatic carbocycles. The highest BCUT2D eigenvalue weighted by molar-refractivity contribution is 7.07. The van der Waals surface area contributed by atoms with Gasteiger partial charge in [0, 0.05) is 16.0 Å². The van der Waals surface area contributed by atoms with E-state index in [4.69, 9.17) is 21.1 Å². The molecule has 0 aliphatic heterocycles. The van der Waals surface area contributed by atoms with Crippen LogP contribution in [0, 0.1) is 0 Å². The van der Waals surface area contributed by atoms with Gasteiger partial charge >= 0.3 is 0 Å². The van der Waals surface area contributed by atoms with Crippen molar-refractivity contribution in [2.24, 2.45) is 0 Å². The van der Waals surface area contributed by atoms with E-state index in [2.05, 4.69) is 10.3 Å². The summed E-state index contributed by atoms with van der Waals surface area (Å²) in [5, 5.41) is 5.40. The minimum absolute atomic E-state index is 0.177. The first kappa shape index (κ1) is 18.2. The van der Waals surface area contributed by atoms with Crippen molar-refractivity contribution in [1.82, 2.24) is 10.3 Å². The van der Waals surface area contributed by atoms with Crippen molar-refractivity contribution >= 4 is 28.8 Å². The van der Waals surface area contributed by atoms with E-state index in [1.165, 1.54) is 11.3 Å². The lowest BCUT2D eigenvalue weighted by Gasteiger charge is -2.09. The molecule has 1 aromatic heterocycles. The third-order valence-corrected chi connectivity index (χ3v) is 4.32. The molecule has 3 rings (SSSR count). The summed E-state index contributed by atoms with van der Waals surface area (Å²) in [4.78, 5) is 16.4. The lowest BCUT2D eigenvalue weighted by Crippen LogP contribution is -2.28. The summed E-state index contributed by atoms with van der Waals surface area (Å²) in [5.41, 5.74) is 3.16. The fourth-order valence-electron chi connectivity index (χ4n) is 2.16. The Labute approximate surface area is 160 Å². The second kappa shape index (κ2) is 9.22. The minimum Gasteiger partial charge on any atom is -0.492 e. The largest absolute Gasteiger partial charge is 0.492 e. The molecule has 3 aromatic rings. The second-order valence-electron chi connectivity index (χ2n) is 5.35. The van der Waals surface area contributed by atoms with E-state index in [-0.39, 0.29) is 5.91 Å². The molecule has 0 saturated carbocycles. The average molecular weight is 389 g/mol. The fraction of sp³-hybridized carbons (Fsp3) is 0.158. The molecule has 0 bridgehead atoms. The molecule has 5 nitrogen and oxygen atoms in total. The molecule has 7 heteroatoms. The van der Waals surface area contributed by atoms with Crippen LogP contribution in [0.2, 0.25) is 5.02 Å². The third kappa shape index (κ3) is 5.47. The lowest BCUT2D eigenvalue weighted by molar-refractivity contribution is 0.0946. The first-order valence-corrected chi connectivity index (χ1v) is 9.29. The molecule has 0 fully saturated rings. The number of halogens is 1. The molecule has 134 valence electrons. The van der Waals surface area contributed by atoms with E-state index in [0.29, 0.717) is 41.8 Å². The Kier molecular flexibility index (Phi) is 6.46. The van der Waals surface area contributed by atoms with Crippen molar-refractivity contribution in [3.8, 4) is 11.5 Å². The van der Waals surface area contributed by atoms with Crippen molar-refractivity contribution < 1.29 is 14.3 Å². The Balaban J connectivity index is 1.45. The molecule has 0 unspecified atom stereocenters. The number of benzene rings is 2. The SMILES string of the molecule is O=C(NCCOc1ccc(Cl)cc1)c1cccc(OCc2cscn2)c1. The highest BCUT2D eigenvalue weighted by Gasteiger charge is 2.07. The summed E-state index contributed by atoms with van der Waals surface area (Å²) in [7, 11) is 0. The number of carbonyl (C=O) groups is 1. The maximum Gasteiger partial charge on any atom is 0.251 e. The van der Waals surface area contributed by atoms with Crippen LogP contribution in [0.5, 0.6) is 11.5 Å². The molecule has 0 saturated heterocycles. The van der Waals surface area contributed by atoms with Gasteiger partial charge in [0.2, 0.25) is 0 Å². The summed E-state index contributed by atoms with van der Waals surface area (Å²) in [6, 6.07) is 14.1.